The number of nitrogens with two attached hydrogens (primary N) is 1. The molecule has 0 fully saturated rings. The lowest BCUT2D eigenvalue weighted by Crippen LogP contribution is -2.16. The first kappa shape index (κ1) is 24.4. The third-order valence-corrected chi connectivity index (χ3v) is 6.06. The van der Waals surface area contributed by atoms with Crippen LogP contribution in [-0.4, -0.2) is 34.0 Å². The number of ketones is 1. The van der Waals surface area contributed by atoms with Crippen LogP contribution in [0.3, 0.4) is 0 Å². The molecular weight excluding hydrogens is 466 g/mol. The van der Waals surface area contributed by atoms with Gasteiger partial charge in [-0.1, -0.05) is 38.4 Å². The Morgan fingerprint density at radius 1 is 1.14 bits per heavy atom. The molecule has 3 N–H and O–H groups in total. The van der Waals surface area contributed by atoms with Gasteiger partial charge in [-0.05, 0) is 41.5 Å². The van der Waals surface area contributed by atoms with Gasteiger partial charge in [0.1, 0.15) is 23.0 Å². The third-order valence-electron chi connectivity index (χ3n) is 5.71. The highest BCUT2D eigenvalue weighted by Gasteiger charge is 2.22. The largest absolute Gasteiger partial charge is 0.507 e. The Bertz CT molecular complexity index is 1400. The zero-order valence-corrected chi connectivity index (χ0v) is 20.5. The Hall–Kier alpha value is -3.71. The van der Waals surface area contributed by atoms with Gasteiger partial charge < -0.3 is 15.6 Å². The molecule has 1 aromatic heterocycles. The average Bonchev–Trinajstić information content (AvgIpc) is 3.24. The van der Waals surface area contributed by atoms with Crippen LogP contribution in [0.25, 0.3) is 10.9 Å². The van der Waals surface area contributed by atoms with Gasteiger partial charge in [-0.2, -0.15) is 0 Å². The molecule has 0 unspecified atom stereocenters. The standard InChI is InChI=1S/C27H26ClN3O4/c1-27(2,3)25-9-15(14-31-25)8-17(32)10-16-4-5-18(11-21(16)28)35-24-6-7-30-22-13-23(33)20(26(29)34)12-19(22)24/h4-7,9,11-13,33H,8,10,14H2,1-3H3,(H2,29,34). The summed E-state index contributed by atoms with van der Waals surface area (Å²) in [7, 11) is 0. The van der Waals surface area contributed by atoms with Crippen LogP contribution >= 0.6 is 11.6 Å². The summed E-state index contributed by atoms with van der Waals surface area (Å²) < 4.78 is 5.99. The molecule has 0 aliphatic carbocycles. The van der Waals surface area contributed by atoms with E-state index in [0.717, 1.165) is 11.3 Å². The number of primary amides is 1. The summed E-state index contributed by atoms with van der Waals surface area (Å²) in [5, 5.41) is 10.9. The number of allylic oxidation sites excluding steroid dienone is 1. The van der Waals surface area contributed by atoms with Crippen molar-refractivity contribution in [3.05, 3.63) is 70.4 Å². The number of halogens is 1. The van der Waals surface area contributed by atoms with Crippen molar-refractivity contribution >= 4 is 39.9 Å². The highest BCUT2D eigenvalue weighted by atomic mass is 35.5. The second kappa shape index (κ2) is 9.50. The van der Waals surface area contributed by atoms with Gasteiger partial charge in [0.15, 0.2) is 0 Å². The number of Topliss-reactive ketones (excluding diaryl/α,β-unsaturated/α-hetero) is 1. The van der Waals surface area contributed by atoms with Crippen molar-refractivity contribution in [2.75, 3.05) is 6.54 Å². The number of hydrogen-bond donors (Lipinski definition) is 2. The van der Waals surface area contributed by atoms with Gasteiger partial charge in [0.2, 0.25) is 0 Å². The lowest BCUT2D eigenvalue weighted by Gasteiger charge is -2.16. The fourth-order valence-corrected chi connectivity index (χ4v) is 4.10. The lowest BCUT2D eigenvalue weighted by atomic mass is 9.89. The van der Waals surface area contributed by atoms with Crippen molar-refractivity contribution in [2.24, 2.45) is 16.1 Å². The molecule has 0 atom stereocenters. The van der Waals surface area contributed by atoms with E-state index in [-0.39, 0.29) is 28.9 Å². The molecule has 0 saturated carbocycles. The summed E-state index contributed by atoms with van der Waals surface area (Å²) in [6, 6.07) is 9.57. The monoisotopic (exact) mass is 491 g/mol. The molecule has 8 heteroatoms. The van der Waals surface area contributed by atoms with Crippen LogP contribution in [-0.2, 0) is 11.2 Å². The van der Waals surface area contributed by atoms with Crippen molar-refractivity contribution < 1.29 is 19.4 Å². The van der Waals surface area contributed by atoms with E-state index < -0.39 is 5.91 Å². The van der Waals surface area contributed by atoms with Gasteiger partial charge in [0, 0.05) is 46.6 Å². The van der Waals surface area contributed by atoms with Gasteiger partial charge in [0.05, 0.1) is 17.6 Å². The number of hydrogen-bond acceptors (Lipinski definition) is 6. The highest BCUT2D eigenvalue weighted by molar-refractivity contribution is 6.31. The molecule has 0 bridgehead atoms. The molecule has 4 rings (SSSR count). The van der Waals surface area contributed by atoms with Crippen molar-refractivity contribution in [3.63, 3.8) is 0 Å². The third kappa shape index (κ3) is 5.52. The van der Waals surface area contributed by atoms with Crippen molar-refractivity contribution in [3.8, 4) is 17.2 Å². The second-order valence-electron chi connectivity index (χ2n) is 9.56. The summed E-state index contributed by atoms with van der Waals surface area (Å²) in [4.78, 5) is 33.0. The zero-order chi connectivity index (χ0) is 25.3. The minimum absolute atomic E-state index is 0.0281. The molecule has 180 valence electrons. The number of phenols is 1. The van der Waals surface area contributed by atoms with E-state index in [1.807, 2.05) is 6.08 Å². The van der Waals surface area contributed by atoms with Crippen LogP contribution in [0.4, 0.5) is 0 Å². The van der Waals surface area contributed by atoms with Gasteiger partial charge >= 0.3 is 0 Å². The van der Waals surface area contributed by atoms with E-state index >= 15 is 0 Å². The predicted molar refractivity (Wildman–Crippen MR) is 137 cm³/mol. The Balaban J connectivity index is 1.48. The van der Waals surface area contributed by atoms with Crippen LogP contribution in [0.5, 0.6) is 17.2 Å². The second-order valence-corrected chi connectivity index (χ2v) is 9.97. The fourth-order valence-electron chi connectivity index (χ4n) is 3.86. The fraction of sp³-hybridized carbons (Fsp3) is 0.259. The number of aromatic nitrogens is 1. The zero-order valence-electron chi connectivity index (χ0n) is 19.8. The van der Waals surface area contributed by atoms with E-state index in [9.17, 15) is 14.7 Å². The highest BCUT2D eigenvalue weighted by Crippen LogP contribution is 2.34. The lowest BCUT2D eigenvalue weighted by molar-refractivity contribution is -0.117. The first-order valence-electron chi connectivity index (χ1n) is 11.1. The number of nitrogens with zero attached hydrogens (tertiary/aromatic N) is 2. The smallest absolute Gasteiger partial charge is 0.252 e. The van der Waals surface area contributed by atoms with E-state index in [2.05, 4.69) is 30.7 Å². The molecule has 2 heterocycles. The van der Waals surface area contributed by atoms with Crippen LogP contribution in [0.2, 0.25) is 5.02 Å². The SMILES string of the molecule is CC(C)(C)C1=NCC(CC(=O)Cc2ccc(Oc3ccnc4cc(O)c(C(N)=O)cc34)cc2Cl)=C1. The summed E-state index contributed by atoms with van der Waals surface area (Å²) in [6.45, 7) is 6.87. The number of aliphatic imine (C=N–C) groups is 1. The number of carbonyl (C=O) groups excluding carboxylic acids is 2. The van der Waals surface area contributed by atoms with Crippen LogP contribution in [0.15, 0.2) is 59.2 Å². The molecule has 0 saturated heterocycles. The summed E-state index contributed by atoms with van der Waals surface area (Å²) in [5.74, 6) is -0.0717. The minimum Gasteiger partial charge on any atom is -0.507 e. The molecular formula is C27H26ClN3O4. The van der Waals surface area contributed by atoms with E-state index in [0.29, 0.717) is 46.0 Å². The molecule has 1 aliphatic heterocycles. The average molecular weight is 492 g/mol. The van der Waals surface area contributed by atoms with E-state index in [1.54, 1.807) is 24.3 Å². The molecule has 7 nitrogen and oxygen atoms in total. The van der Waals surface area contributed by atoms with Gasteiger partial charge in [-0.25, -0.2) is 0 Å². The Morgan fingerprint density at radius 2 is 1.91 bits per heavy atom. The van der Waals surface area contributed by atoms with E-state index in [4.69, 9.17) is 22.1 Å². The van der Waals surface area contributed by atoms with Crippen LogP contribution in [0.1, 0.15) is 43.1 Å². The summed E-state index contributed by atoms with van der Waals surface area (Å²) in [6.07, 6.45) is 4.11. The number of benzene rings is 2. The number of aromatic hydroxyl groups is 1. The maximum atomic E-state index is 12.7. The molecule has 0 spiro atoms. The number of fused-ring (bicyclic) bond motifs is 1. The number of ether oxygens (including phenoxy) is 1. The molecule has 1 aliphatic rings. The first-order valence-corrected chi connectivity index (χ1v) is 11.5. The number of rotatable bonds is 7. The molecule has 1 amide bonds. The summed E-state index contributed by atoms with van der Waals surface area (Å²) in [5.41, 5.74) is 8.46. The molecule has 35 heavy (non-hydrogen) atoms. The van der Waals surface area contributed by atoms with Crippen LogP contribution in [0, 0.1) is 5.41 Å². The maximum absolute atomic E-state index is 12.7. The predicted octanol–water partition coefficient (Wildman–Crippen LogP) is 5.41. The van der Waals surface area contributed by atoms with E-state index in [1.165, 1.54) is 18.3 Å². The van der Waals surface area contributed by atoms with Gasteiger partial charge in [-0.15, -0.1) is 0 Å². The normalized spacial score (nSPS) is 13.5. The quantitative estimate of drug-likeness (QED) is 0.458. The van der Waals surface area contributed by atoms with Crippen LogP contribution < -0.4 is 10.5 Å². The molecule has 3 aromatic rings. The maximum Gasteiger partial charge on any atom is 0.252 e. The summed E-state index contributed by atoms with van der Waals surface area (Å²) >= 11 is 6.47. The number of carbonyl (C=O) groups is 2. The first-order chi connectivity index (χ1) is 16.5. The molecule has 0 radical (unpaired) electrons. The van der Waals surface area contributed by atoms with Crippen molar-refractivity contribution in [2.45, 2.75) is 33.6 Å². The van der Waals surface area contributed by atoms with Gasteiger partial charge in [-0.3, -0.25) is 19.6 Å². The Labute approximate surface area is 208 Å². The number of pyridine rings is 1. The van der Waals surface area contributed by atoms with Crippen molar-refractivity contribution in [1.82, 2.24) is 4.98 Å². The number of amides is 1. The van der Waals surface area contributed by atoms with Crippen molar-refractivity contribution in [1.29, 1.82) is 0 Å². The molecule has 2 aromatic carbocycles. The van der Waals surface area contributed by atoms with Gasteiger partial charge in [0.25, 0.3) is 5.91 Å². The minimum atomic E-state index is -0.758. The Morgan fingerprint density at radius 3 is 2.57 bits per heavy atom. The topological polar surface area (TPSA) is 115 Å². The Kier molecular flexibility index (Phi) is 6.63.